The number of rotatable bonds is 4. The summed E-state index contributed by atoms with van der Waals surface area (Å²) in [5.74, 6) is -0.195. The third-order valence-corrected chi connectivity index (χ3v) is 4.24. The van der Waals surface area contributed by atoms with Gasteiger partial charge in [-0.25, -0.2) is 4.98 Å². The normalized spacial score (nSPS) is 10.3. The van der Waals surface area contributed by atoms with Gasteiger partial charge >= 0.3 is 0 Å². The molecule has 1 amide bonds. The van der Waals surface area contributed by atoms with Gasteiger partial charge in [0.2, 0.25) is 0 Å². The number of amides is 1. The van der Waals surface area contributed by atoms with Crippen LogP contribution in [0.1, 0.15) is 21.6 Å². The number of anilines is 3. The van der Waals surface area contributed by atoms with Crippen LogP contribution < -0.4 is 10.6 Å². The standard InChI is InChI=1S/C18H17N3OS/c1-12-7-6-8-13(2)16(12)21-17(22)15-11-23-18(20-15)19-14-9-4-3-5-10-14/h3-11H,1-2H3,(H,19,20)(H,21,22). The molecule has 1 aromatic heterocycles. The molecule has 0 spiro atoms. The van der Waals surface area contributed by atoms with E-state index in [0.29, 0.717) is 10.8 Å². The second kappa shape index (κ2) is 6.62. The summed E-state index contributed by atoms with van der Waals surface area (Å²) >= 11 is 1.41. The van der Waals surface area contributed by atoms with Gasteiger partial charge in [-0.2, -0.15) is 0 Å². The Balaban J connectivity index is 1.74. The van der Waals surface area contributed by atoms with Crippen LogP contribution in [0, 0.1) is 13.8 Å². The molecule has 4 nitrogen and oxygen atoms in total. The number of nitrogens with zero attached hydrogens (tertiary/aromatic N) is 1. The number of hydrogen-bond acceptors (Lipinski definition) is 4. The molecule has 2 aromatic carbocycles. The van der Waals surface area contributed by atoms with Crippen molar-refractivity contribution in [2.75, 3.05) is 10.6 Å². The van der Waals surface area contributed by atoms with E-state index in [1.165, 1.54) is 11.3 Å². The third kappa shape index (κ3) is 3.57. The van der Waals surface area contributed by atoms with Gasteiger partial charge in [0.1, 0.15) is 5.69 Å². The Morgan fingerprint density at radius 2 is 1.70 bits per heavy atom. The van der Waals surface area contributed by atoms with Crippen molar-refractivity contribution in [3.05, 3.63) is 70.7 Å². The Morgan fingerprint density at radius 3 is 2.39 bits per heavy atom. The van der Waals surface area contributed by atoms with E-state index in [4.69, 9.17) is 0 Å². The second-order valence-electron chi connectivity index (χ2n) is 5.25. The summed E-state index contributed by atoms with van der Waals surface area (Å²) in [4.78, 5) is 16.7. The highest BCUT2D eigenvalue weighted by Gasteiger charge is 2.13. The van der Waals surface area contributed by atoms with Crippen LogP contribution in [0.2, 0.25) is 0 Å². The third-order valence-electron chi connectivity index (χ3n) is 3.48. The Bertz CT molecular complexity index is 807. The van der Waals surface area contributed by atoms with Crippen molar-refractivity contribution >= 4 is 33.8 Å². The van der Waals surface area contributed by atoms with Gasteiger partial charge in [0.25, 0.3) is 5.91 Å². The monoisotopic (exact) mass is 323 g/mol. The van der Waals surface area contributed by atoms with E-state index >= 15 is 0 Å². The van der Waals surface area contributed by atoms with Crippen LogP contribution in [0.15, 0.2) is 53.9 Å². The number of hydrogen-bond donors (Lipinski definition) is 2. The zero-order chi connectivity index (χ0) is 16.2. The van der Waals surface area contributed by atoms with Gasteiger partial charge in [-0.15, -0.1) is 11.3 Å². The number of aryl methyl sites for hydroxylation is 2. The molecule has 0 fully saturated rings. The fourth-order valence-corrected chi connectivity index (χ4v) is 2.98. The predicted octanol–water partition coefficient (Wildman–Crippen LogP) is 4.76. The molecule has 116 valence electrons. The molecule has 1 heterocycles. The first kappa shape index (κ1) is 15.2. The van der Waals surface area contributed by atoms with Gasteiger partial charge in [0.05, 0.1) is 0 Å². The van der Waals surface area contributed by atoms with Crippen LogP contribution in [0.25, 0.3) is 0 Å². The van der Waals surface area contributed by atoms with E-state index in [-0.39, 0.29) is 5.91 Å². The van der Waals surface area contributed by atoms with Gasteiger partial charge in [-0.05, 0) is 37.1 Å². The Kier molecular flexibility index (Phi) is 4.39. The minimum Gasteiger partial charge on any atom is -0.332 e. The van der Waals surface area contributed by atoms with Crippen LogP contribution in [-0.2, 0) is 0 Å². The average molecular weight is 323 g/mol. The first-order valence-electron chi connectivity index (χ1n) is 7.28. The molecule has 5 heteroatoms. The summed E-state index contributed by atoms with van der Waals surface area (Å²) in [6.07, 6.45) is 0. The zero-order valence-electron chi connectivity index (χ0n) is 13.0. The Hall–Kier alpha value is -2.66. The molecule has 0 saturated carbocycles. The van der Waals surface area contributed by atoms with Gasteiger partial charge in [0, 0.05) is 16.8 Å². The molecule has 0 aliphatic carbocycles. The van der Waals surface area contributed by atoms with Gasteiger partial charge in [0.15, 0.2) is 5.13 Å². The number of benzene rings is 2. The van der Waals surface area contributed by atoms with E-state index in [0.717, 1.165) is 22.5 Å². The van der Waals surface area contributed by atoms with E-state index in [1.807, 2.05) is 62.4 Å². The highest BCUT2D eigenvalue weighted by Crippen LogP contribution is 2.23. The fourth-order valence-electron chi connectivity index (χ4n) is 2.27. The van der Waals surface area contributed by atoms with Crippen molar-refractivity contribution in [3.8, 4) is 0 Å². The minimum absolute atomic E-state index is 0.195. The predicted molar refractivity (Wildman–Crippen MR) is 95.7 cm³/mol. The topological polar surface area (TPSA) is 54.0 Å². The number of thiazole rings is 1. The molecule has 0 radical (unpaired) electrons. The molecule has 0 saturated heterocycles. The van der Waals surface area contributed by atoms with E-state index in [2.05, 4.69) is 15.6 Å². The molecular weight excluding hydrogens is 306 g/mol. The van der Waals surface area contributed by atoms with Gasteiger partial charge in [-0.3, -0.25) is 4.79 Å². The summed E-state index contributed by atoms with van der Waals surface area (Å²) in [5, 5.41) is 8.60. The van der Waals surface area contributed by atoms with Gasteiger partial charge < -0.3 is 10.6 Å². The lowest BCUT2D eigenvalue weighted by Gasteiger charge is -2.10. The van der Waals surface area contributed by atoms with Crippen molar-refractivity contribution in [1.82, 2.24) is 4.98 Å². The molecule has 0 bridgehead atoms. The summed E-state index contributed by atoms with van der Waals surface area (Å²) in [7, 11) is 0. The van der Waals surface area contributed by atoms with Crippen LogP contribution in [0.4, 0.5) is 16.5 Å². The maximum absolute atomic E-state index is 12.4. The fraction of sp³-hybridized carbons (Fsp3) is 0.111. The van der Waals surface area contributed by atoms with Crippen molar-refractivity contribution < 1.29 is 4.79 Å². The summed E-state index contributed by atoms with van der Waals surface area (Å²) in [6, 6.07) is 15.7. The smallest absolute Gasteiger partial charge is 0.275 e. The average Bonchev–Trinajstić information content (AvgIpc) is 3.00. The summed E-state index contributed by atoms with van der Waals surface area (Å²) < 4.78 is 0. The van der Waals surface area contributed by atoms with Crippen LogP contribution in [0.5, 0.6) is 0 Å². The minimum atomic E-state index is -0.195. The van der Waals surface area contributed by atoms with Crippen molar-refractivity contribution in [2.45, 2.75) is 13.8 Å². The van der Waals surface area contributed by atoms with E-state index in [9.17, 15) is 4.79 Å². The van der Waals surface area contributed by atoms with Gasteiger partial charge in [-0.1, -0.05) is 36.4 Å². The maximum atomic E-state index is 12.4. The SMILES string of the molecule is Cc1cccc(C)c1NC(=O)c1csc(Nc2ccccc2)n1. The molecule has 0 atom stereocenters. The first-order chi connectivity index (χ1) is 11.1. The first-order valence-corrected chi connectivity index (χ1v) is 8.16. The lowest BCUT2D eigenvalue weighted by molar-refractivity contribution is 0.102. The molecule has 0 aliphatic heterocycles. The van der Waals surface area contributed by atoms with Crippen molar-refractivity contribution in [2.24, 2.45) is 0 Å². The number of nitrogens with one attached hydrogen (secondary N) is 2. The number of para-hydroxylation sites is 2. The molecule has 2 N–H and O–H groups in total. The summed E-state index contributed by atoms with van der Waals surface area (Å²) in [5.41, 5.74) is 4.29. The van der Waals surface area contributed by atoms with E-state index in [1.54, 1.807) is 5.38 Å². The molecule has 3 rings (SSSR count). The van der Waals surface area contributed by atoms with Crippen LogP contribution in [0.3, 0.4) is 0 Å². The maximum Gasteiger partial charge on any atom is 0.275 e. The highest BCUT2D eigenvalue weighted by molar-refractivity contribution is 7.14. The Morgan fingerprint density at radius 1 is 1.00 bits per heavy atom. The summed E-state index contributed by atoms with van der Waals surface area (Å²) in [6.45, 7) is 3.96. The molecule has 0 aliphatic rings. The Labute approximate surface area is 139 Å². The zero-order valence-corrected chi connectivity index (χ0v) is 13.8. The quantitative estimate of drug-likeness (QED) is 0.728. The largest absolute Gasteiger partial charge is 0.332 e. The van der Waals surface area contributed by atoms with Crippen LogP contribution in [-0.4, -0.2) is 10.9 Å². The highest BCUT2D eigenvalue weighted by atomic mass is 32.1. The van der Waals surface area contributed by atoms with Crippen molar-refractivity contribution in [3.63, 3.8) is 0 Å². The number of carbonyl (C=O) groups excluding carboxylic acids is 1. The van der Waals surface area contributed by atoms with Crippen LogP contribution >= 0.6 is 11.3 Å². The molecule has 3 aromatic rings. The lowest BCUT2D eigenvalue weighted by atomic mass is 10.1. The molecular formula is C18H17N3OS. The van der Waals surface area contributed by atoms with E-state index < -0.39 is 0 Å². The van der Waals surface area contributed by atoms with Crippen molar-refractivity contribution in [1.29, 1.82) is 0 Å². The molecule has 23 heavy (non-hydrogen) atoms. The number of carbonyl (C=O) groups is 1. The number of aromatic nitrogens is 1. The second-order valence-corrected chi connectivity index (χ2v) is 6.11. The molecule has 0 unspecified atom stereocenters. The lowest BCUT2D eigenvalue weighted by Crippen LogP contribution is -2.14.